The van der Waals surface area contributed by atoms with Crippen molar-refractivity contribution in [3.8, 4) is 11.1 Å². The van der Waals surface area contributed by atoms with Crippen molar-refractivity contribution in [2.24, 2.45) is 0 Å². The molecule has 0 N–H and O–H groups in total. The quantitative estimate of drug-likeness (QED) is 0.259. The van der Waals surface area contributed by atoms with Crippen molar-refractivity contribution < 1.29 is 4.42 Å². The minimum atomic E-state index is 0.888. The molecule has 36 heavy (non-hydrogen) atoms. The summed E-state index contributed by atoms with van der Waals surface area (Å²) in [6, 6.07) is 49.0. The number of hydrogen-bond acceptors (Lipinski definition) is 2. The second-order valence-electron chi connectivity index (χ2n) is 9.03. The molecule has 1 aromatic heterocycles. The van der Waals surface area contributed by atoms with Crippen LogP contribution in [0.2, 0.25) is 0 Å². The Morgan fingerprint density at radius 2 is 1.11 bits per heavy atom. The van der Waals surface area contributed by atoms with E-state index in [0.717, 1.165) is 39.0 Å². The Morgan fingerprint density at radius 3 is 1.97 bits per heavy atom. The molecular formula is C34H23NO. The van der Waals surface area contributed by atoms with E-state index < -0.39 is 0 Å². The summed E-state index contributed by atoms with van der Waals surface area (Å²) in [5.41, 5.74) is 7.38. The van der Waals surface area contributed by atoms with E-state index in [-0.39, 0.29) is 0 Å². The number of benzene rings is 6. The summed E-state index contributed by atoms with van der Waals surface area (Å²) in [5.74, 6) is 0. The van der Waals surface area contributed by atoms with Crippen LogP contribution < -0.4 is 4.90 Å². The molecule has 0 aliphatic heterocycles. The molecule has 0 spiro atoms. The molecule has 6 aromatic carbocycles. The van der Waals surface area contributed by atoms with Crippen LogP contribution >= 0.6 is 0 Å². The number of rotatable bonds is 4. The Labute approximate surface area is 209 Å². The summed E-state index contributed by atoms with van der Waals surface area (Å²) in [5, 5.41) is 4.68. The Kier molecular flexibility index (Phi) is 4.82. The van der Waals surface area contributed by atoms with Gasteiger partial charge in [-0.2, -0.15) is 0 Å². The third-order valence-corrected chi connectivity index (χ3v) is 6.85. The highest BCUT2D eigenvalue weighted by Crippen LogP contribution is 2.42. The normalized spacial score (nSPS) is 11.3. The summed E-state index contributed by atoms with van der Waals surface area (Å²) in [6.07, 6.45) is 0. The van der Waals surface area contributed by atoms with Crippen LogP contribution in [0, 0.1) is 0 Å². The number of para-hydroxylation sites is 2. The topological polar surface area (TPSA) is 16.4 Å². The first-order chi connectivity index (χ1) is 17.8. The molecule has 1 heterocycles. The van der Waals surface area contributed by atoms with E-state index in [9.17, 15) is 0 Å². The fraction of sp³-hybridized carbons (Fsp3) is 0. The summed E-state index contributed by atoms with van der Waals surface area (Å²) in [6.45, 7) is 0. The molecule has 0 saturated heterocycles. The Hall–Kier alpha value is -4.82. The molecule has 0 aliphatic rings. The summed E-state index contributed by atoms with van der Waals surface area (Å²) >= 11 is 0. The van der Waals surface area contributed by atoms with Gasteiger partial charge in [0, 0.05) is 22.1 Å². The predicted molar refractivity (Wildman–Crippen MR) is 151 cm³/mol. The molecule has 7 aromatic rings. The molecule has 2 heteroatoms. The monoisotopic (exact) mass is 461 g/mol. The van der Waals surface area contributed by atoms with E-state index in [4.69, 9.17) is 4.42 Å². The Balaban J connectivity index is 1.45. The van der Waals surface area contributed by atoms with Crippen molar-refractivity contribution in [1.29, 1.82) is 0 Å². The van der Waals surface area contributed by atoms with Gasteiger partial charge in [0.15, 0.2) is 5.58 Å². The number of hydrogen-bond donors (Lipinski definition) is 0. The second-order valence-corrected chi connectivity index (χ2v) is 9.03. The van der Waals surface area contributed by atoms with Gasteiger partial charge in [-0.1, -0.05) is 103 Å². The molecule has 0 atom stereocenters. The molecule has 0 bridgehead atoms. The summed E-state index contributed by atoms with van der Waals surface area (Å²) in [4.78, 5) is 2.30. The lowest BCUT2D eigenvalue weighted by molar-refractivity contribution is 0.669. The maximum atomic E-state index is 6.45. The van der Waals surface area contributed by atoms with Crippen LogP contribution in [0.25, 0.3) is 43.8 Å². The van der Waals surface area contributed by atoms with Gasteiger partial charge in [-0.3, -0.25) is 0 Å². The SMILES string of the molecule is c1ccc(-c2ccc(N(c3ccc4ccccc4c3)c3cccc4c3oc3ccccc34)cc2)cc1. The van der Waals surface area contributed by atoms with Gasteiger partial charge in [0.25, 0.3) is 0 Å². The first-order valence-corrected chi connectivity index (χ1v) is 12.2. The predicted octanol–water partition coefficient (Wildman–Crippen LogP) is 9.88. The Morgan fingerprint density at radius 1 is 0.444 bits per heavy atom. The lowest BCUT2D eigenvalue weighted by atomic mass is 10.0. The highest BCUT2D eigenvalue weighted by molar-refractivity contribution is 6.10. The van der Waals surface area contributed by atoms with Crippen LogP contribution in [-0.4, -0.2) is 0 Å². The molecule has 0 radical (unpaired) electrons. The molecule has 170 valence electrons. The van der Waals surface area contributed by atoms with Crippen molar-refractivity contribution in [1.82, 2.24) is 0 Å². The highest BCUT2D eigenvalue weighted by Gasteiger charge is 2.19. The van der Waals surface area contributed by atoms with Gasteiger partial charge < -0.3 is 9.32 Å². The maximum absolute atomic E-state index is 6.45. The van der Waals surface area contributed by atoms with Crippen LogP contribution in [0.4, 0.5) is 17.1 Å². The van der Waals surface area contributed by atoms with E-state index >= 15 is 0 Å². The number of fused-ring (bicyclic) bond motifs is 4. The van der Waals surface area contributed by atoms with Gasteiger partial charge in [0.05, 0.1) is 5.69 Å². The zero-order chi connectivity index (χ0) is 23.9. The van der Waals surface area contributed by atoms with Crippen molar-refractivity contribution >= 4 is 49.8 Å². The highest BCUT2D eigenvalue weighted by atomic mass is 16.3. The molecular weight excluding hydrogens is 438 g/mol. The van der Waals surface area contributed by atoms with Crippen LogP contribution in [0.3, 0.4) is 0 Å². The third-order valence-electron chi connectivity index (χ3n) is 6.85. The first kappa shape index (κ1) is 20.5. The molecule has 7 rings (SSSR count). The number of furan rings is 1. The number of nitrogens with zero attached hydrogens (tertiary/aromatic N) is 1. The fourth-order valence-electron chi connectivity index (χ4n) is 5.08. The number of anilines is 3. The van der Waals surface area contributed by atoms with E-state index in [1.807, 2.05) is 18.2 Å². The van der Waals surface area contributed by atoms with E-state index in [1.54, 1.807) is 0 Å². The van der Waals surface area contributed by atoms with Gasteiger partial charge in [-0.25, -0.2) is 0 Å². The van der Waals surface area contributed by atoms with Crippen molar-refractivity contribution in [3.63, 3.8) is 0 Å². The first-order valence-electron chi connectivity index (χ1n) is 12.2. The van der Waals surface area contributed by atoms with Crippen molar-refractivity contribution in [2.45, 2.75) is 0 Å². The molecule has 0 amide bonds. The average Bonchev–Trinajstić information content (AvgIpc) is 3.34. The van der Waals surface area contributed by atoms with Crippen LogP contribution in [0.15, 0.2) is 144 Å². The summed E-state index contributed by atoms with van der Waals surface area (Å²) in [7, 11) is 0. The van der Waals surface area contributed by atoms with Gasteiger partial charge >= 0.3 is 0 Å². The van der Waals surface area contributed by atoms with Gasteiger partial charge in [-0.15, -0.1) is 0 Å². The van der Waals surface area contributed by atoms with Gasteiger partial charge in [0.1, 0.15) is 5.58 Å². The smallest absolute Gasteiger partial charge is 0.159 e. The lowest BCUT2D eigenvalue weighted by Gasteiger charge is -2.26. The standard InChI is InChI=1S/C34H23NO/c1-2-9-24(10-3-1)26-17-20-28(21-18-26)35(29-22-19-25-11-4-5-12-27(25)23-29)32-15-8-14-31-30-13-6-7-16-33(30)36-34(31)32/h1-23H. The molecule has 0 fully saturated rings. The van der Waals surface area contributed by atoms with Crippen molar-refractivity contribution in [2.75, 3.05) is 4.90 Å². The zero-order valence-electron chi connectivity index (χ0n) is 19.6. The molecule has 0 saturated carbocycles. The average molecular weight is 462 g/mol. The largest absolute Gasteiger partial charge is 0.454 e. The lowest BCUT2D eigenvalue weighted by Crippen LogP contribution is -2.10. The third kappa shape index (κ3) is 3.43. The molecule has 2 nitrogen and oxygen atoms in total. The Bertz CT molecular complexity index is 1830. The molecule has 0 aliphatic carbocycles. The molecule has 0 unspecified atom stereocenters. The minimum Gasteiger partial charge on any atom is -0.454 e. The van der Waals surface area contributed by atoms with Crippen LogP contribution in [0.1, 0.15) is 0 Å². The van der Waals surface area contributed by atoms with Gasteiger partial charge in [-0.05, 0) is 58.3 Å². The van der Waals surface area contributed by atoms with E-state index in [1.165, 1.54) is 21.9 Å². The van der Waals surface area contributed by atoms with Crippen LogP contribution in [0.5, 0.6) is 0 Å². The zero-order valence-corrected chi connectivity index (χ0v) is 19.6. The van der Waals surface area contributed by atoms with Gasteiger partial charge in [0.2, 0.25) is 0 Å². The minimum absolute atomic E-state index is 0.888. The van der Waals surface area contributed by atoms with Crippen LogP contribution in [-0.2, 0) is 0 Å². The fourth-order valence-corrected chi connectivity index (χ4v) is 5.08. The maximum Gasteiger partial charge on any atom is 0.159 e. The summed E-state index contributed by atoms with van der Waals surface area (Å²) < 4.78 is 6.45. The van der Waals surface area contributed by atoms with E-state index in [2.05, 4.69) is 126 Å². The second kappa shape index (κ2) is 8.44. The van der Waals surface area contributed by atoms with Crippen molar-refractivity contribution in [3.05, 3.63) is 140 Å². The van der Waals surface area contributed by atoms with E-state index in [0.29, 0.717) is 0 Å².